The van der Waals surface area contributed by atoms with Crippen molar-refractivity contribution in [3.63, 3.8) is 0 Å². The van der Waals surface area contributed by atoms with E-state index < -0.39 is 0 Å². The summed E-state index contributed by atoms with van der Waals surface area (Å²) in [5.74, 6) is 1.94. The maximum absolute atomic E-state index is 6.57. The predicted molar refractivity (Wildman–Crippen MR) is 161 cm³/mol. The molecule has 0 N–H and O–H groups in total. The van der Waals surface area contributed by atoms with Crippen molar-refractivity contribution in [2.75, 3.05) is 6.66 Å². The van der Waals surface area contributed by atoms with Crippen molar-refractivity contribution in [3.05, 3.63) is 45.5 Å². The minimum atomic E-state index is -0.0791. The second-order valence-electron chi connectivity index (χ2n) is 14.0. The third kappa shape index (κ3) is 6.08. The van der Waals surface area contributed by atoms with Crippen molar-refractivity contribution < 1.29 is 9.05 Å². The minimum absolute atomic E-state index is 0.00372. The molecule has 2 aromatic carbocycles. The zero-order valence-electron chi connectivity index (χ0n) is 25.0. The Morgan fingerprint density at radius 1 is 0.571 bits per heavy atom. The van der Waals surface area contributed by atoms with Crippen LogP contribution < -0.4 is 9.05 Å². The van der Waals surface area contributed by atoms with E-state index in [1.165, 1.54) is 44.5 Å². The molecule has 0 aliphatic carbocycles. The van der Waals surface area contributed by atoms with Crippen LogP contribution in [0.4, 0.5) is 0 Å². The van der Waals surface area contributed by atoms with E-state index in [1.807, 2.05) is 0 Å². The van der Waals surface area contributed by atoms with E-state index in [1.54, 1.807) is 0 Å². The Bertz CT molecular complexity index is 1090. The van der Waals surface area contributed by atoms with Gasteiger partial charge in [-0.2, -0.15) is 0 Å². The molecule has 2 atom stereocenters. The number of hydrogen-bond donors (Lipinski definition) is 0. The van der Waals surface area contributed by atoms with Crippen LogP contribution in [0.3, 0.4) is 0 Å². The summed E-state index contributed by atoms with van der Waals surface area (Å²) in [6.07, 6.45) is 0. The lowest BCUT2D eigenvalue weighted by molar-refractivity contribution is 0.527. The van der Waals surface area contributed by atoms with Crippen LogP contribution in [0.1, 0.15) is 116 Å². The van der Waals surface area contributed by atoms with Gasteiger partial charge >= 0.3 is 0 Å². The highest BCUT2D eigenvalue weighted by atomic mass is 31.1. The Morgan fingerprint density at radius 2 is 0.886 bits per heavy atom. The van der Waals surface area contributed by atoms with Crippen molar-refractivity contribution in [2.45, 2.75) is 119 Å². The molecule has 2 nitrogen and oxygen atoms in total. The predicted octanol–water partition coefficient (Wildman–Crippen LogP) is 9.93. The van der Waals surface area contributed by atoms with Gasteiger partial charge in [-0.3, -0.25) is 0 Å². The van der Waals surface area contributed by atoms with Gasteiger partial charge in [0, 0.05) is 22.3 Å². The highest BCUT2D eigenvalue weighted by molar-refractivity contribution is 7.31. The Hall–Kier alpha value is -1.10. The van der Waals surface area contributed by atoms with Crippen LogP contribution in [0.25, 0.3) is 11.1 Å². The van der Waals surface area contributed by atoms with Crippen LogP contribution in [0, 0.1) is 13.8 Å². The van der Waals surface area contributed by atoms with Crippen molar-refractivity contribution in [3.8, 4) is 22.6 Å². The first kappa shape index (κ1) is 30.1. The van der Waals surface area contributed by atoms with Gasteiger partial charge in [0.2, 0.25) is 0 Å². The summed E-state index contributed by atoms with van der Waals surface area (Å²) in [6.45, 7) is 34.1. The standard InChI is InChI=1S/C31H50O2P2/c1-18-20(28(3,4)5)16-22(30(9,10)11)26(32-34)24(18)25-19(2)21(29(6,7)8)17-23(31(12,13)14)27(25)33-35-15/h16-17,35H,34H2,1-15H3. The Morgan fingerprint density at radius 3 is 1.17 bits per heavy atom. The molecule has 0 amide bonds. The quantitative estimate of drug-likeness (QED) is 0.377. The summed E-state index contributed by atoms with van der Waals surface area (Å²) in [4.78, 5) is 0. The molecule has 0 radical (unpaired) electrons. The van der Waals surface area contributed by atoms with E-state index in [0.29, 0.717) is 8.81 Å². The topological polar surface area (TPSA) is 18.5 Å². The fraction of sp³-hybridized carbons (Fsp3) is 0.613. The van der Waals surface area contributed by atoms with Crippen LogP contribution in [0.15, 0.2) is 12.1 Å². The van der Waals surface area contributed by atoms with Gasteiger partial charge in [-0.25, -0.2) is 0 Å². The van der Waals surface area contributed by atoms with Gasteiger partial charge in [0.15, 0.2) is 0 Å². The molecule has 2 rings (SSSR count). The van der Waals surface area contributed by atoms with E-state index in [9.17, 15) is 0 Å². The molecule has 0 aliphatic rings. The maximum atomic E-state index is 6.57. The summed E-state index contributed by atoms with van der Waals surface area (Å²) in [7, 11) is 2.88. The van der Waals surface area contributed by atoms with Crippen molar-refractivity contribution >= 4 is 18.3 Å². The lowest BCUT2D eigenvalue weighted by atomic mass is 9.72. The maximum Gasteiger partial charge on any atom is 0.134 e. The van der Waals surface area contributed by atoms with Crippen LogP contribution >= 0.6 is 18.3 Å². The number of rotatable bonds is 4. The third-order valence-electron chi connectivity index (χ3n) is 6.88. The number of benzene rings is 2. The second-order valence-corrected chi connectivity index (χ2v) is 14.9. The molecule has 0 saturated heterocycles. The molecule has 196 valence electrons. The Labute approximate surface area is 220 Å². The zero-order chi connectivity index (χ0) is 27.3. The Balaban J connectivity index is 3.35. The third-order valence-corrected chi connectivity index (χ3v) is 7.53. The Kier molecular flexibility index (Phi) is 8.60. The van der Waals surface area contributed by atoms with Gasteiger partial charge in [-0.1, -0.05) is 95.2 Å². The molecule has 0 aliphatic heterocycles. The van der Waals surface area contributed by atoms with Crippen molar-refractivity contribution in [1.82, 2.24) is 0 Å². The monoisotopic (exact) mass is 516 g/mol. The molecule has 2 unspecified atom stereocenters. The van der Waals surface area contributed by atoms with Crippen molar-refractivity contribution in [1.29, 1.82) is 0 Å². The van der Waals surface area contributed by atoms with Crippen LogP contribution in [0.2, 0.25) is 0 Å². The summed E-state index contributed by atoms with van der Waals surface area (Å²) in [5.41, 5.74) is 9.92. The summed E-state index contributed by atoms with van der Waals surface area (Å²) in [6, 6.07) is 4.76. The first-order valence-electron chi connectivity index (χ1n) is 12.8. The minimum Gasteiger partial charge on any atom is -0.479 e. The van der Waals surface area contributed by atoms with Crippen LogP contribution in [-0.2, 0) is 21.7 Å². The van der Waals surface area contributed by atoms with Crippen LogP contribution in [0.5, 0.6) is 11.5 Å². The highest BCUT2D eigenvalue weighted by Crippen LogP contribution is 2.53. The van der Waals surface area contributed by atoms with Gasteiger partial charge in [-0.15, -0.1) is 0 Å². The van der Waals surface area contributed by atoms with E-state index in [4.69, 9.17) is 9.05 Å². The second kappa shape index (κ2) is 9.99. The molecule has 4 heteroatoms. The summed E-state index contributed by atoms with van der Waals surface area (Å²) in [5, 5.41) is 0. The molecular weight excluding hydrogens is 466 g/mol. The van der Waals surface area contributed by atoms with E-state index >= 15 is 0 Å². The largest absolute Gasteiger partial charge is 0.479 e. The average Bonchev–Trinajstić information content (AvgIpc) is 2.64. The first-order valence-corrected chi connectivity index (χ1v) is 14.6. The molecule has 0 spiro atoms. The molecule has 2 aromatic rings. The highest BCUT2D eigenvalue weighted by Gasteiger charge is 2.34. The van der Waals surface area contributed by atoms with E-state index in [2.05, 4.69) is 125 Å². The molecule has 0 bridgehead atoms. The average molecular weight is 517 g/mol. The molecule has 0 fully saturated rings. The smallest absolute Gasteiger partial charge is 0.134 e. The first-order chi connectivity index (χ1) is 15.7. The summed E-state index contributed by atoms with van der Waals surface area (Å²) >= 11 is 0. The van der Waals surface area contributed by atoms with Gasteiger partial charge in [0.25, 0.3) is 0 Å². The number of hydrogen-bond acceptors (Lipinski definition) is 2. The SMILES string of the molecule is CPOc1c(C(C)(C)C)cc(C(C)(C)C)c(C)c1-c1c(C)c(C(C)(C)C)cc(C(C)(C)C)c1OP. The van der Waals surface area contributed by atoms with Gasteiger partial charge in [0.05, 0.1) is 18.3 Å². The zero-order valence-corrected chi connectivity index (χ0v) is 27.2. The fourth-order valence-corrected chi connectivity index (χ4v) is 5.78. The lowest BCUT2D eigenvalue weighted by Gasteiger charge is -2.35. The molecule has 0 heterocycles. The van der Waals surface area contributed by atoms with Crippen molar-refractivity contribution in [2.24, 2.45) is 0 Å². The van der Waals surface area contributed by atoms with Gasteiger partial charge < -0.3 is 9.05 Å². The molecule has 35 heavy (non-hydrogen) atoms. The summed E-state index contributed by atoms with van der Waals surface area (Å²) < 4.78 is 12.8. The molecular formula is C31H50O2P2. The van der Waals surface area contributed by atoms with Gasteiger partial charge in [-0.05, 0) is 64.4 Å². The van der Waals surface area contributed by atoms with Gasteiger partial charge in [0.1, 0.15) is 11.5 Å². The normalized spacial score (nSPS) is 13.6. The van der Waals surface area contributed by atoms with Crippen LogP contribution in [-0.4, -0.2) is 6.66 Å². The van der Waals surface area contributed by atoms with E-state index in [0.717, 1.165) is 11.5 Å². The lowest BCUT2D eigenvalue weighted by Crippen LogP contribution is -2.21. The molecule has 0 saturated carbocycles. The fourth-order valence-electron chi connectivity index (χ4n) is 5.12. The van der Waals surface area contributed by atoms with E-state index in [-0.39, 0.29) is 21.7 Å². The molecule has 0 aromatic heterocycles.